The van der Waals surface area contributed by atoms with Gasteiger partial charge in [-0.25, -0.2) is 9.50 Å². The third kappa shape index (κ3) is 3.17. The van der Waals surface area contributed by atoms with Crippen molar-refractivity contribution in [3.8, 4) is 33.9 Å². The van der Waals surface area contributed by atoms with E-state index >= 15 is 0 Å². The van der Waals surface area contributed by atoms with Gasteiger partial charge in [-0.2, -0.15) is 24.1 Å². The minimum Gasteiger partial charge on any atom is -0.454 e. The molecule has 0 unspecified atom stereocenters. The van der Waals surface area contributed by atoms with Crippen LogP contribution in [0.4, 0.5) is 18.9 Å². The molecule has 2 aromatic carbocycles. The maximum Gasteiger partial charge on any atom is 0.434 e. The monoisotopic (exact) mass is 462 g/mol. The molecule has 0 bridgehead atoms. The van der Waals surface area contributed by atoms with E-state index in [4.69, 9.17) is 26.9 Å². The maximum absolute atomic E-state index is 14.3. The Bertz CT molecular complexity index is 1400. The Labute approximate surface area is 182 Å². The first kappa shape index (κ1) is 20.1. The molecule has 4 aromatic rings. The fraction of sp³-hybridized carbons (Fsp3) is 0.100. The molecule has 1 aliphatic rings. The highest BCUT2D eigenvalue weighted by Gasteiger charge is 2.40. The van der Waals surface area contributed by atoms with Crippen LogP contribution in [0.15, 0.2) is 48.7 Å². The number of nitrogens with zero attached hydrogens (tertiary/aromatic N) is 4. The summed E-state index contributed by atoms with van der Waals surface area (Å²) in [7, 11) is 0. The number of rotatable bonds is 3. The van der Waals surface area contributed by atoms with Gasteiger partial charge in [-0.1, -0.05) is 11.6 Å². The van der Waals surface area contributed by atoms with Crippen molar-refractivity contribution in [2.45, 2.75) is 6.18 Å². The molecule has 0 saturated carbocycles. The molecule has 1 aliphatic heterocycles. The summed E-state index contributed by atoms with van der Waals surface area (Å²) in [4.78, 5) is 15.9. The van der Waals surface area contributed by atoms with Crippen LogP contribution in [0.3, 0.4) is 0 Å². The maximum atomic E-state index is 14.3. The molecule has 0 aliphatic carbocycles. The van der Waals surface area contributed by atoms with Crippen molar-refractivity contribution in [1.82, 2.24) is 14.6 Å². The molecule has 12 heteroatoms. The predicted molar refractivity (Wildman–Crippen MR) is 107 cm³/mol. The van der Waals surface area contributed by atoms with E-state index in [1.165, 1.54) is 30.5 Å². The van der Waals surface area contributed by atoms with Crippen LogP contribution in [-0.2, 0) is 6.18 Å². The van der Waals surface area contributed by atoms with E-state index in [-0.39, 0.29) is 44.8 Å². The zero-order valence-corrected chi connectivity index (χ0v) is 16.7. The molecule has 162 valence electrons. The first-order valence-corrected chi connectivity index (χ1v) is 9.48. The van der Waals surface area contributed by atoms with Gasteiger partial charge in [-0.15, -0.1) is 0 Å². The lowest BCUT2D eigenvalue weighted by Gasteiger charge is -2.19. The van der Waals surface area contributed by atoms with Gasteiger partial charge >= 0.3 is 6.18 Å². The normalized spacial score (nSPS) is 13.0. The van der Waals surface area contributed by atoms with Gasteiger partial charge < -0.3 is 9.47 Å². The summed E-state index contributed by atoms with van der Waals surface area (Å²) in [6.45, 7) is 0.00655. The smallest absolute Gasteiger partial charge is 0.434 e. The highest BCUT2D eigenvalue weighted by Crippen LogP contribution is 2.46. The van der Waals surface area contributed by atoms with Crippen LogP contribution in [0, 0.1) is 4.91 Å². The van der Waals surface area contributed by atoms with Crippen molar-refractivity contribution in [3.63, 3.8) is 0 Å². The Morgan fingerprint density at radius 1 is 1.09 bits per heavy atom. The molecule has 0 fully saturated rings. The lowest BCUT2D eigenvalue weighted by atomic mass is 9.96. The van der Waals surface area contributed by atoms with E-state index in [2.05, 4.69) is 10.1 Å². The van der Waals surface area contributed by atoms with Gasteiger partial charge in [0, 0.05) is 34.9 Å². The van der Waals surface area contributed by atoms with E-state index in [9.17, 15) is 18.1 Å². The largest absolute Gasteiger partial charge is 0.454 e. The van der Waals surface area contributed by atoms with E-state index < -0.39 is 11.9 Å². The van der Waals surface area contributed by atoms with E-state index in [0.717, 1.165) is 0 Å². The van der Waals surface area contributed by atoms with Crippen molar-refractivity contribution in [1.29, 1.82) is 0 Å². The topological polar surface area (TPSA) is 94.8 Å². The van der Waals surface area contributed by atoms with Crippen LogP contribution >= 0.6 is 11.6 Å². The zero-order chi connectivity index (χ0) is 22.6. The number of hydrazine groups is 1. The second-order valence-electron chi connectivity index (χ2n) is 6.84. The second kappa shape index (κ2) is 7.09. The third-order valence-electron chi connectivity index (χ3n) is 4.93. The van der Waals surface area contributed by atoms with E-state index in [1.807, 2.05) is 0 Å². The van der Waals surface area contributed by atoms with Gasteiger partial charge in [-0.05, 0) is 24.3 Å². The van der Waals surface area contributed by atoms with Gasteiger partial charge in [0.1, 0.15) is 0 Å². The molecule has 3 heterocycles. The fourth-order valence-electron chi connectivity index (χ4n) is 3.56. The summed E-state index contributed by atoms with van der Waals surface area (Å²) < 4.78 is 54.4. The Morgan fingerprint density at radius 3 is 2.59 bits per heavy atom. The third-order valence-corrected chi connectivity index (χ3v) is 5.24. The molecule has 0 atom stereocenters. The molecule has 0 amide bonds. The number of ether oxygens (including phenoxy) is 2. The first-order valence-electron chi connectivity index (χ1n) is 9.11. The Hall–Kier alpha value is -3.86. The summed E-state index contributed by atoms with van der Waals surface area (Å²) in [5.74, 6) is 6.04. The van der Waals surface area contributed by atoms with Crippen LogP contribution in [-0.4, -0.2) is 26.3 Å². The summed E-state index contributed by atoms with van der Waals surface area (Å²) in [6, 6.07) is 9.81. The number of aromatic nitrogens is 3. The van der Waals surface area contributed by atoms with Crippen molar-refractivity contribution in [2.75, 3.05) is 6.79 Å². The fourth-order valence-corrected chi connectivity index (χ4v) is 3.82. The molecule has 8 nitrogen and oxygen atoms in total. The average molecular weight is 463 g/mol. The molecule has 0 radical (unpaired) electrons. The summed E-state index contributed by atoms with van der Waals surface area (Å²) in [5, 5.41) is 3.69. The quantitative estimate of drug-likeness (QED) is 0.268. The zero-order valence-electron chi connectivity index (χ0n) is 15.9. The van der Waals surface area contributed by atoms with Gasteiger partial charge in [0.2, 0.25) is 6.79 Å². The molecular formula is C20H12ClF3N5O3+. The van der Waals surface area contributed by atoms with Crippen LogP contribution in [0.5, 0.6) is 11.5 Å². The standard InChI is InChI=1S/C20H12ClF3N5O3/c21-13-8-11(29(25)30)2-3-12(13)17-18(10-1-4-14-15(7-10)32-9-31-14)27-16-5-6-26-28(16)19(17)20(22,23)24/h1-8H,9H2,(H2,25,30)/q+1. The number of nitroso groups, excluding NO2 is 1. The molecule has 0 saturated heterocycles. The summed E-state index contributed by atoms with van der Waals surface area (Å²) in [6.07, 6.45) is -3.59. The summed E-state index contributed by atoms with van der Waals surface area (Å²) >= 11 is 6.32. The van der Waals surface area contributed by atoms with Crippen LogP contribution < -0.4 is 15.3 Å². The van der Waals surface area contributed by atoms with Gasteiger partial charge in [0.15, 0.2) is 27.7 Å². The van der Waals surface area contributed by atoms with E-state index in [0.29, 0.717) is 21.6 Å². The second-order valence-corrected chi connectivity index (χ2v) is 7.25. The SMILES string of the molecule is N[N+](=O)c1ccc(-c2c(-c3ccc4c(c3)OCO4)nc3ccnn3c2C(F)(F)F)c(Cl)c1. The Kier molecular flexibility index (Phi) is 4.45. The van der Waals surface area contributed by atoms with Crippen LogP contribution in [0.1, 0.15) is 5.69 Å². The van der Waals surface area contributed by atoms with Gasteiger partial charge in [0.25, 0.3) is 5.69 Å². The first-order chi connectivity index (χ1) is 15.2. The molecule has 2 N–H and O–H groups in total. The highest BCUT2D eigenvalue weighted by molar-refractivity contribution is 6.33. The lowest BCUT2D eigenvalue weighted by Crippen LogP contribution is -2.17. The summed E-state index contributed by atoms with van der Waals surface area (Å²) in [5.41, 5.74) is -1.05. The number of nitrogens with two attached hydrogens (primary N) is 1. The Morgan fingerprint density at radius 2 is 1.88 bits per heavy atom. The number of halogens is 4. The lowest BCUT2D eigenvalue weighted by molar-refractivity contribution is -0.474. The molecule has 32 heavy (non-hydrogen) atoms. The van der Waals surface area contributed by atoms with Gasteiger partial charge in [-0.3, -0.25) is 0 Å². The van der Waals surface area contributed by atoms with Crippen molar-refractivity contribution in [2.24, 2.45) is 5.84 Å². The minimum atomic E-state index is -4.81. The number of fused-ring (bicyclic) bond motifs is 2. The Balaban J connectivity index is 1.88. The number of hydrogen-bond donors (Lipinski definition) is 1. The van der Waals surface area contributed by atoms with E-state index in [1.54, 1.807) is 18.2 Å². The molecular weight excluding hydrogens is 451 g/mol. The number of hydrogen-bond acceptors (Lipinski definition) is 5. The molecule has 5 rings (SSSR count). The predicted octanol–water partition coefficient (Wildman–Crippen LogP) is 4.75. The van der Waals surface area contributed by atoms with Crippen LogP contribution in [0.25, 0.3) is 28.0 Å². The number of alkyl halides is 3. The number of benzene rings is 2. The van der Waals surface area contributed by atoms with Crippen molar-refractivity contribution < 1.29 is 27.5 Å². The van der Waals surface area contributed by atoms with Crippen LogP contribution in [0.2, 0.25) is 5.02 Å². The highest BCUT2D eigenvalue weighted by atomic mass is 35.5. The van der Waals surface area contributed by atoms with Gasteiger partial charge in [0.05, 0.1) is 21.8 Å². The molecule has 0 spiro atoms. The minimum absolute atomic E-state index is 0.00200. The van der Waals surface area contributed by atoms with Crippen molar-refractivity contribution >= 4 is 22.9 Å². The van der Waals surface area contributed by atoms with Crippen molar-refractivity contribution in [3.05, 3.63) is 64.3 Å². The molecule has 2 aromatic heterocycles. The average Bonchev–Trinajstić information content (AvgIpc) is 3.39.